The second-order valence-corrected chi connectivity index (χ2v) is 21.7. The minimum Gasteiger partial charge on any atom is -0.462 e. The Bertz CT molecular complexity index is 1390. The van der Waals surface area contributed by atoms with Gasteiger partial charge in [-0.3, -0.25) is 14.4 Å². The largest absolute Gasteiger partial charge is 0.462 e. The first-order valence-corrected chi connectivity index (χ1v) is 32.4. The van der Waals surface area contributed by atoms with Crippen molar-refractivity contribution in [3.63, 3.8) is 0 Å². The van der Waals surface area contributed by atoms with Crippen LogP contribution in [0.2, 0.25) is 0 Å². The maximum Gasteiger partial charge on any atom is 0.306 e. The van der Waals surface area contributed by atoms with Gasteiger partial charge in [-0.2, -0.15) is 0 Å². The van der Waals surface area contributed by atoms with E-state index in [4.69, 9.17) is 14.2 Å². The van der Waals surface area contributed by atoms with Gasteiger partial charge in [-0.05, 0) is 96.3 Å². The summed E-state index contributed by atoms with van der Waals surface area (Å²) in [6, 6.07) is 0. The monoisotopic (exact) mass is 1050 g/mol. The van der Waals surface area contributed by atoms with Crippen molar-refractivity contribution in [2.75, 3.05) is 13.2 Å². The SMILES string of the molecule is CCCCCCC/C=C\C/C=C\C/C=C\CCCCCCCCCCCCC(=O)OCC(COC(=O)CCCCCCCCC)OC(=O)CCCCCCCCCCCC/C=C\C/C=C\C/C=C\CCCCCCC. The Morgan fingerprint density at radius 2 is 0.480 bits per heavy atom. The number of hydrogen-bond donors (Lipinski definition) is 0. The van der Waals surface area contributed by atoms with Crippen molar-refractivity contribution in [1.29, 1.82) is 0 Å². The Morgan fingerprint density at radius 1 is 0.267 bits per heavy atom. The molecule has 0 aliphatic carbocycles. The molecular weight excluding hydrogens is 925 g/mol. The Hall–Kier alpha value is -3.15. The number of rotatable bonds is 59. The number of carbonyl (C=O) groups excluding carboxylic acids is 3. The van der Waals surface area contributed by atoms with E-state index < -0.39 is 6.10 Å². The van der Waals surface area contributed by atoms with Gasteiger partial charge in [0, 0.05) is 19.3 Å². The van der Waals surface area contributed by atoms with E-state index in [0.29, 0.717) is 19.3 Å². The summed E-state index contributed by atoms with van der Waals surface area (Å²) in [5, 5.41) is 0. The molecule has 0 fully saturated rings. The van der Waals surface area contributed by atoms with Gasteiger partial charge in [0.25, 0.3) is 0 Å². The summed E-state index contributed by atoms with van der Waals surface area (Å²) < 4.78 is 16.8. The second-order valence-electron chi connectivity index (χ2n) is 21.7. The normalized spacial score (nSPS) is 12.5. The predicted octanol–water partition coefficient (Wildman–Crippen LogP) is 22.1. The van der Waals surface area contributed by atoms with E-state index in [1.807, 2.05) is 0 Å². The fourth-order valence-corrected chi connectivity index (χ4v) is 9.28. The molecule has 0 aromatic rings. The van der Waals surface area contributed by atoms with Crippen molar-refractivity contribution in [3.8, 4) is 0 Å². The molecule has 1 atom stereocenters. The summed E-state index contributed by atoms with van der Waals surface area (Å²) in [5.41, 5.74) is 0. The van der Waals surface area contributed by atoms with Crippen molar-refractivity contribution in [2.45, 2.75) is 335 Å². The van der Waals surface area contributed by atoms with Crippen molar-refractivity contribution in [2.24, 2.45) is 0 Å². The topological polar surface area (TPSA) is 78.9 Å². The van der Waals surface area contributed by atoms with Gasteiger partial charge in [-0.15, -0.1) is 0 Å². The molecule has 0 bridgehead atoms. The third-order valence-electron chi connectivity index (χ3n) is 14.2. The number of esters is 3. The summed E-state index contributed by atoms with van der Waals surface area (Å²) in [7, 11) is 0. The van der Waals surface area contributed by atoms with Crippen LogP contribution in [0.1, 0.15) is 329 Å². The average Bonchev–Trinajstić information content (AvgIpc) is 3.41. The first-order valence-electron chi connectivity index (χ1n) is 32.4. The zero-order valence-corrected chi connectivity index (χ0v) is 49.8. The summed E-state index contributed by atoms with van der Waals surface area (Å²) in [4.78, 5) is 38.1. The third-order valence-corrected chi connectivity index (χ3v) is 14.2. The van der Waals surface area contributed by atoms with Crippen LogP contribution in [-0.4, -0.2) is 37.2 Å². The number of unbranched alkanes of at least 4 members (excludes halogenated alkanes) is 36. The molecule has 0 rings (SSSR count). The standard InChI is InChI=1S/C69H122O6/c1-4-7-10-13-16-18-20-22-24-26-28-30-32-34-36-38-40-42-44-46-48-50-53-56-59-62-68(71)74-65-66(64-73-67(70)61-58-55-52-15-12-9-6-3)75-69(72)63-60-57-54-51-49-47-45-43-41-39-37-35-33-31-29-27-25-23-21-19-17-14-11-8-5-2/h20-23,26-29,32-35,66H,4-19,24-25,30-31,36-65H2,1-3H3/b22-20-,23-21-,28-26-,29-27-,34-32-,35-33-. The quantitative estimate of drug-likeness (QED) is 0.0261. The number of ether oxygens (including phenoxy) is 3. The van der Waals surface area contributed by atoms with E-state index in [2.05, 4.69) is 93.7 Å². The van der Waals surface area contributed by atoms with Gasteiger partial charge in [0.15, 0.2) is 6.10 Å². The zero-order chi connectivity index (χ0) is 54.3. The molecule has 1 unspecified atom stereocenters. The average molecular weight is 1050 g/mol. The van der Waals surface area contributed by atoms with Gasteiger partial charge in [-0.25, -0.2) is 0 Å². The van der Waals surface area contributed by atoms with Crippen LogP contribution in [0.4, 0.5) is 0 Å². The maximum atomic E-state index is 12.9. The minimum absolute atomic E-state index is 0.0764. The minimum atomic E-state index is -0.777. The lowest BCUT2D eigenvalue weighted by Gasteiger charge is -2.18. The molecule has 0 aromatic heterocycles. The van der Waals surface area contributed by atoms with Gasteiger partial charge in [0.2, 0.25) is 0 Å². The molecule has 0 aliphatic heterocycles. The van der Waals surface area contributed by atoms with Gasteiger partial charge >= 0.3 is 17.9 Å². The molecule has 0 saturated carbocycles. The van der Waals surface area contributed by atoms with E-state index >= 15 is 0 Å². The van der Waals surface area contributed by atoms with Crippen molar-refractivity contribution >= 4 is 17.9 Å². The summed E-state index contributed by atoms with van der Waals surface area (Å²) in [6.45, 7) is 6.60. The summed E-state index contributed by atoms with van der Waals surface area (Å²) in [6.07, 6.45) is 82.2. The summed E-state index contributed by atoms with van der Waals surface area (Å²) in [5.74, 6) is -0.878. The highest BCUT2D eigenvalue weighted by molar-refractivity contribution is 5.71. The predicted molar refractivity (Wildman–Crippen MR) is 325 cm³/mol. The van der Waals surface area contributed by atoms with Gasteiger partial charge in [-0.1, -0.05) is 286 Å². The Morgan fingerprint density at radius 3 is 0.747 bits per heavy atom. The van der Waals surface area contributed by atoms with E-state index in [1.54, 1.807) is 0 Å². The van der Waals surface area contributed by atoms with E-state index in [-0.39, 0.29) is 31.1 Å². The first-order chi connectivity index (χ1) is 37.0. The summed E-state index contributed by atoms with van der Waals surface area (Å²) >= 11 is 0. The van der Waals surface area contributed by atoms with Crippen LogP contribution in [0.25, 0.3) is 0 Å². The van der Waals surface area contributed by atoms with Crippen LogP contribution in [0, 0.1) is 0 Å². The lowest BCUT2D eigenvalue weighted by atomic mass is 10.0. The van der Waals surface area contributed by atoms with E-state index in [9.17, 15) is 14.4 Å². The highest BCUT2D eigenvalue weighted by atomic mass is 16.6. The van der Waals surface area contributed by atoms with Crippen LogP contribution in [0.3, 0.4) is 0 Å². The molecule has 0 spiro atoms. The van der Waals surface area contributed by atoms with Crippen LogP contribution >= 0.6 is 0 Å². The smallest absolute Gasteiger partial charge is 0.306 e. The lowest BCUT2D eigenvalue weighted by Crippen LogP contribution is -2.30. The lowest BCUT2D eigenvalue weighted by molar-refractivity contribution is -0.167. The van der Waals surface area contributed by atoms with E-state index in [0.717, 1.165) is 83.5 Å². The molecule has 0 aromatic carbocycles. The molecule has 0 heterocycles. The molecule has 0 amide bonds. The van der Waals surface area contributed by atoms with Crippen LogP contribution in [-0.2, 0) is 28.6 Å². The molecule has 6 nitrogen and oxygen atoms in total. The van der Waals surface area contributed by atoms with Crippen molar-refractivity contribution < 1.29 is 28.6 Å². The molecule has 0 saturated heterocycles. The number of hydrogen-bond acceptors (Lipinski definition) is 6. The molecule has 0 N–H and O–H groups in total. The highest BCUT2D eigenvalue weighted by Crippen LogP contribution is 2.16. The third kappa shape index (κ3) is 61.6. The highest BCUT2D eigenvalue weighted by Gasteiger charge is 2.19. The Labute approximate surface area is 465 Å². The van der Waals surface area contributed by atoms with Crippen LogP contribution in [0.5, 0.6) is 0 Å². The Kier molecular flexibility index (Phi) is 60.7. The molecule has 75 heavy (non-hydrogen) atoms. The molecule has 0 radical (unpaired) electrons. The molecule has 0 aliphatic rings. The van der Waals surface area contributed by atoms with E-state index in [1.165, 1.54) is 205 Å². The molecular formula is C69H122O6. The number of allylic oxidation sites excluding steroid dienone is 12. The maximum absolute atomic E-state index is 12.9. The van der Waals surface area contributed by atoms with Gasteiger partial charge in [0.1, 0.15) is 13.2 Å². The van der Waals surface area contributed by atoms with Gasteiger partial charge in [0.05, 0.1) is 0 Å². The fourth-order valence-electron chi connectivity index (χ4n) is 9.28. The molecule has 6 heteroatoms. The van der Waals surface area contributed by atoms with Crippen LogP contribution in [0.15, 0.2) is 72.9 Å². The molecule has 434 valence electrons. The first kappa shape index (κ1) is 71.8. The van der Waals surface area contributed by atoms with Gasteiger partial charge < -0.3 is 14.2 Å². The van der Waals surface area contributed by atoms with Crippen molar-refractivity contribution in [1.82, 2.24) is 0 Å². The Balaban J connectivity index is 4.15. The fraction of sp³-hybridized carbons (Fsp3) is 0.783. The number of carbonyl (C=O) groups is 3. The second kappa shape index (κ2) is 63.4. The van der Waals surface area contributed by atoms with Crippen molar-refractivity contribution in [3.05, 3.63) is 72.9 Å². The zero-order valence-electron chi connectivity index (χ0n) is 49.8. The van der Waals surface area contributed by atoms with Crippen LogP contribution < -0.4 is 0 Å².